The molecule has 0 aromatic rings. The van der Waals surface area contributed by atoms with Crippen LogP contribution in [0, 0.1) is 11.8 Å². The third kappa shape index (κ3) is 2.82. The number of hydrogen-bond donors (Lipinski definition) is 1. The van der Waals surface area contributed by atoms with E-state index in [1.54, 1.807) is 11.8 Å². The number of hydrogen-bond acceptors (Lipinski definition) is 3. The third-order valence-electron chi connectivity index (χ3n) is 4.43. The van der Waals surface area contributed by atoms with Gasteiger partial charge in [-0.1, -0.05) is 20.8 Å². The second-order valence-electron chi connectivity index (χ2n) is 6.28. The van der Waals surface area contributed by atoms with Crippen molar-refractivity contribution in [2.75, 3.05) is 13.2 Å². The van der Waals surface area contributed by atoms with Crippen LogP contribution in [0.15, 0.2) is 0 Å². The minimum absolute atomic E-state index is 0.0286. The van der Waals surface area contributed by atoms with Crippen LogP contribution in [0.3, 0.4) is 0 Å². The molecule has 4 atom stereocenters. The van der Waals surface area contributed by atoms with E-state index in [-0.39, 0.29) is 29.9 Å². The van der Waals surface area contributed by atoms with E-state index in [0.717, 1.165) is 19.4 Å². The maximum atomic E-state index is 12.4. The lowest BCUT2D eigenvalue weighted by Gasteiger charge is -2.41. The topological polar surface area (TPSA) is 58.6 Å². The molecule has 0 radical (unpaired) electrons. The summed E-state index contributed by atoms with van der Waals surface area (Å²) in [7, 11) is 0. The number of ether oxygens (including phenoxy) is 1. The number of nitrogens with one attached hydrogen (secondary N) is 1. The van der Waals surface area contributed by atoms with Gasteiger partial charge in [-0.2, -0.15) is 0 Å². The van der Waals surface area contributed by atoms with E-state index in [1.165, 1.54) is 0 Å². The van der Waals surface area contributed by atoms with Gasteiger partial charge in [0.15, 0.2) is 0 Å². The molecule has 20 heavy (non-hydrogen) atoms. The molecule has 2 rings (SSSR count). The van der Waals surface area contributed by atoms with E-state index in [9.17, 15) is 9.59 Å². The van der Waals surface area contributed by atoms with Gasteiger partial charge in [-0.3, -0.25) is 9.59 Å². The highest BCUT2D eigenvalue weighted by Crippen LogP contribution is 2.27. The number of piperazine rings is 1. The Kier molecular flexibility index (Phi) is 4.68. The summed E-state index contributed by atoms with van der Waals surface area (Å²) in [6, 6.07) is -0.767. The summed E-state index contributed by atoms with van der Waals surface area (Å²) in [4.78, 5) is 26.4. The SMILES string of the molecule is CCC1OCCC1CN1C(=O)C(C)NC(=O)C1C(C)C. The van der Waals surface area contributed by atoms with Crippen LogP contribution in [0.25, 0.3) is 0 Å². The van der Waals surface area contributed by atoms with Crippen LogP contribution in [0.1, 0.15) is 40.5 Å². The van der Waals surface area contributed by atoms with Crippen molar-refractivity contribution in [2.24, 2.45) is 11.8 Å². The monoisotopic (exact) mass is 282 g/mol. The fourth-order valence-electron chi connectivity index (χ4n) is 3.36. The fraction of sp³-hybridized carbons (Fsp3) is 0.867. The average molecular weight is 282 g/mol. The number of carbonyl (C=O) groups is 2. The Bertz CT molecular complexity index is 383. The van der Waals surface area contributed by atoms with Gasteiger partial charge in [0, 0.05) is 19.1 Å². The first-order valence-electron chi connectivity index (χ1n) is 7.68. The zero-order valence-electron chi connectivity index (χ0n) is 12.9. The van der Waals surface area contributed by atoms with E-state index >= 15 is 0 Å². The molecule has 0 aliphatic carbocycles. The summed E-state index contributed by atoms with van der Waals surface area (Å²) in [5.41, 5.74) is 0. The van der Waals surface area contributed by atoms with Crippen LogP contribution in [0.4, 0.5) is 0 Å². The van der Waals surface area contributed by atoms with Crippen molar-refractivity contribution in [3.8, 4) is 0 Å². The van der Waals surface area contributed by atoms with Crippen molar-refractivity contribution >= 4 is 11.8 Å². The Morgan fingerprint density at radius 2 is 2.10 bits per heavy atom. The van der Waals surface area contributed by atoms with Crippen LogP contribution in [-0.2, 0) is 14.3 Å². The highest BCUT2D eigenvalue weighted by Gasteiger charge is 2.42. The smallest absolute Gasteiger partial charge is 0.245 e. The molecule has 0 aromatic heterocycles. The summed E-state index contributed by atoms with van der Waals surface area (Å²) in [6.07, 6.45) is 2.15. The van der Waals surface area contributed by atoms with Gasteiger partial charge in [-0.25, -0.2) is 0 Å². The molecule has 4 unspecified atom stereocenters. The van der Waals surface area contributed by atoms with E-state index < -0.39 is 6.04 Å². The highest BCUT2D eigenvalue weighted by atomic mass is 16.5. The Hall–Kier alpha value is -1.10. The Labute approximate surface area is 121 Å². The normalized spacial score (nSPS) is 34.8. The molecule has 2 fully saturated rings. The highest BCUT2D eigenvalue weighted by molar-refractivity contribution is 5.96. The van der Waals surface area contributed by atoms with Crippen molar-refractivity contribution in [3.05, 3.63) is 0 Å². The van der Waals surface area contributed by atoms with Crippen molar-refractivity contribution in [1.82, 2.24) is 10.2 Å². The maximum Gasteiger partial charge on any atom is 0.245 e. The third-order valence-corrected chi connectivity index (χ3v) is 4.43. The molecule has 2 aliphatic rings. The van der Waals surface area contributed by atoms with E-state index in [4.69, 9.17) is 4.74 Å². The van der Waals surface area contributed by atoms with Gasteiger partial charge in [0.2, 0.25) is 11.8 Å². The second-order valence-corrected chi connectivity index (χ2v) is 6.28. The first kappa shape index (κ1) is 15.3. The van der Waals surface area contributed by atoms with Crippen LogP contribution in [-0.4, -0.2) is 48.1 Å². The molecule has 2 aliphatic heterocycles. The van der Waals surface area contributed by atoms with Crippen LogP contribution in [0.5, 0.6) is 0 Å². The predicted molar refractivity (Wildman–Crippen MR) is 76.1 cm³/mol. The molecule has 2 saturated heterocycles. The lowest BCUT2D eigenvalue weighted by atomic mass is 9.93. The zero-order valence-corrected chi connectivity index (χ0v) is 12.9. The van der Waals surface area contributed by atoms with Crippen LogP contribution in [0.2, 0.25) is 0 Å². The summed E-state index contributed by atoms with van der Waals surface area (Å²) >= 11 is 0. The molecule has 2 amide bonds. The first-order valence-corrected chi connectivity index (χ1v) is 7.68. The van der Waals surface area contributed by atoms with Gasteiger partial charge < -0.3 is 15.0 Å². The minimum Gasteiger partial charge on any atom is -0.378 e. The number of amides is 2. The standard InChI is InChI=1S/C15H26N2O3/c1-5-12-11(6-7-20-12)8-17-13(9(2)3)14(18)16-10(4)15(17)19/h9-13H,5-8H2,1-4H3,(H,16,18). The molecule has 0 bridgehead atoms. The molecule has 5 heteroatoms. The van der Waals surface area contributed by atoms with Gasteiger partial charge in [0.05, 0.1) is 6.10 Å². The summed E-state index contributed by atoms with van der Waals surface area (Å²) in [5, 5.41) is 2.78. The van der Waals surface area contributed by atoms with Crippen LogP contribution >= 0.6 is 0 Å². The molecule has 0 aromatic carbocycles. The molecule has 5 nitrogen and oxygen atoms in total. The molecule has 0 spiro atoms. The van der Waals surface area contributed by atoms with Gasteiger partial charge in [0.25, 0.3) is 0 Å². The van der Waals surface area contributed by atoms with Crippen molar-refractivity contribution in [2.45, 2.75) is 58.7 Å². The maximum absolute atomic E-state index is 12.4. The van der Waals surface area contributed by atoms with Crippen molar-refractivity contribution < 1.29 is 14.3 Å². The largest absolute Gasteiger partial charge is 0.378 e. The van der Waals surface area contributed by atoms with E-state index in [0.29, 0.717) is 12.5 Å². The quantitative estimate of drug-likeness (QED) is 0.842. The van der Waals surface area contributed by atoms with Gasteiger partial charge >= 0.3 is 0 Å². The summed E-state index contributed by atoms with van der Waals surface area (Å²) < 4.78 is 5.70. The van der Waals surface area contributed by atoms with Gasteiger partial charge in [-0.05, 0) is 25.7 Å². The summed E-state index contributed by atoms with van der Waals surface area (Å²) in [5.74, 6) is 0.473. The van der Waals surface area contributed by atoms with Crippen molar-refractivity contribution in [1.29, 1.82) is 0 Å². The second kappa shape index (κ2) is 6.12. The first-order chi connectivity index (χ1) is 9.45. The van der Waals surface area contributed by atoms with E-state index in [1.807, 2.05) is 13.8 Å². The molecule has 114 valence electrons. The van der Waals surface area contributed by atoms with Gasteiger partial charge in [0.1, 0.15) is 12.1 Å². The lowest BCUT2D eigenvalue weighted by Crippen LogP contribution is -2.64. The van der Waals surface area contributed by atoms with E-state index in [2.05, 4.69) is 12.2 Å². The molecular weight excluding hydrogens is 256 g/mol. The van der Waals surface area contributed by atoms with Gasteiger partial charge in [-0.15, -0.1) is 0 Å². The number of nitrogens with zero attached hydrogens (tertiary/aromatic N) is 1. The van der Waals surface area contributed by atoms with Crippen LogP contribution < -0.4 is 5.32 Å². The molecule has 1 N–H and O–H groups in total. The zero-order chi connectivity index (χ0) is 14.9. The number of carbonyl (C=O) groups excluding carboxylic acids is 2. The fourth-order valence-corrected chi connectivity index (χ4v) is 3.36. The Morgan fingerprint density at radius 3 is 2.70 bits per heavy atom. The summed E-state index contributed by atoms with van der Waals surface area (Å²) in [6.45, 7) is 9.24. The Balaban J connectivity index is 2.15. The van der Waals surface area contributed by atoms with Crippen molar-refractivity contribution in [3.63, 3.8) is 0 Å². The lowest BCUT2D eigenvalue weighted by molar-refractivity contribution is -0.151. The molecule has 0 saturated carbocycles. The predicted octanol–water partition coefficient (Wildman–Crippen LogP) is 1.17. The average Bonchev–Trinajstić information content (AvgIpc) is 2.82. The Morgan fingerprint density at radius 1 is 1.40 bits per heavy atom. The number of rotatable bonds is 4. The minimum atomic E-state index is -0.417. The molecular formula is C15H26N2O3. The molecule has 2 heterocycles.